The summed E-state index contributed by atoms with van der Waals surface area (Å²) in [5.74, 6) is 0.839. The van der Waals surface area contributed by atoms with Crippen LogP contribution in [0.5, 0.6) is 0 Å². The maximum atomic E-state index is 5.72. The molecule has 0 aliphatic heterocycles. The van der Waals surface area contributed by atoms with E-state index in [1.165, 1.54) is 11.1 Å². The minimum Gasteiger partial charge on any atom is -0.381 e. The molecule has 0 aromatic heterocycles. The average molecular weight is 354 g/mol. The number of hydrogen-bond donors (Lipinski definition) is 2. The highest BCUT2D eigenvalue weighted by Gasteiger charge is 2.06. The van der Waals surface area contributed by atoms with Crippen LogP contribution in [0, 0.1) is 0 Å². The first-order chi connectivity index (χ1) is 12.8. The fraction of sp³-hybridized carbons (Fsp3) is 0.409. The monoisotopic (exact) mass is 353 g/mol. The molecule has 2 aromatic carbocycles. The lowest BCUT2D eigenvalue weighted by molar-refractivity contribution is 0.133. The lowest BCUT2D eigenvalue weighted by atomic mass is 10.1. The zero-order valence-electron chi connectivity index (χ0n) is 15.9. The Kier molecular flexibility index (Phi) is 9.30. The molecule has 0 aliphatic rings. The van der Waals surface area contributed by atoms with Crippen LogP contribution in [0.25, 0.3) is 0 Å². The van der Waals surface area contributed by atoms with Gasteiger partial charge in [0.05, 0.1) is 12.6 Å². The standard InChI is InChI=1S/C22H31N3O/c1-19(21-13-7-4-8-14-21)25-22(23-2)24-16-9-10-17-26-18-15-20-11-5-3-6-12-20/h3-8,11-14,19H,9-10,15-18H2,1-2H3,(H2,23,24,25). The van der Waals surface area contributed by atoms with Crippen molar-refractivity contribution in [2.75, 3.05) is 26.8 Å². The number of aliphatic imine (C=N–C) groups is 1. The Morgan fingerprint density at radius 1 is 0.962 bits per heavy atom. The van der Waals surface area contributed by atoms with E-state index >= 15 is 0 Å². The minimum atomic E-state index is 0.226. The number of nitrogens with one attached hydrogen (secondary N) is 2. The Morgan fingerprint density at radius 2 is 1.65 bits per heavy atom. The van der Waals surface area contributed by atoms with Gasteiger partial charge in [0.15, 0.2) is 5.96 Å². The molecule has 2 N–H and O–H groups in total. The van der Waals surface area contributed by atoms with Crippen molar-refractivity contribution in [2.24, 2.45) is 4.99 Å². The van der Waals surface area contributed by atoms with Gasteiger partial charge in [-0.2, -0.15) is 0 Å². The molecular weight excluding hydrogens is 322 g/mol. The first-order valence-electron chi connectivity index (χ1n) is 9.43. The molecule has 0 spiro atoms. The lowest BCUT2D eigenvalue weighted by Crippen LogP contribution is -2.39. The van der Waals surface area contributed by atoms with Crippen LogP contribution in [-0.4, -0.2) is 32.8 Å². The van der Waals surface area contributed by atoms with Crippen LogP contribution in [0.2, 0.25) is 0 Å². The van der Waals surface area contributed by atoms with Crippen molar-refractivity contribution in [3.8, 4) is 0 Å². The molecular formula is C22H31N3O. The molecule has 1 unspecified atom stereocenters. The molecule has 0 aliphatic carbocycles. The summed E-state index contributed by atoms with van der Waals surface area (Å²) in [7, 11) is 1.81. The van der Waals surface area contributed by atoms with E-state index in [2.05, 4.69) is 71.1 Å². The molecule has 26 heavy (non-hydrogen) atoms. The minimum absolute atomic E-state index is 0.226. The number of ether oxygens (including phenoxy) is 1. The SMILES string of the molecule is CN=C(NCCCCOCCc1ccccc1)NC(C)c1ccccc1. The summed E-state index contributed by atoms with van der Waals surface area (Å²) >= 11 is 0. The van der Waals surface area contributed by atoms with E-state index in [0.717, 1.165) is 45.0 Å². The van der Waals surface area contributed by atoms with Gasteiger partial charge in [-0.3, -0.25) is 4.99 Å². The molecule has 4 heteroatoms. The van der Waals surface area contributed by atoms with Crippen LogP contribution in [0.4, 0.5) is 0 Å². The number of benzene rings is 2. The predicted molar refractivity (Wildman–Crippen MR) is 110 cm³/mol. The highest BCUT2D eigenvalue weighted by molar-refractivity contribution is 5.80. The number of rotatable bonds is 10. The van der Waals surface area contributed by atoms with Crippen LogP contribution in [0.1, 0.15) is 36.9 Å². The second kappa shape index (κ2) is 12.1. The Labute approximate surface area is 157 Å². The van der Waals surface area contributed by atoms with Gasteiger partial charge in [-0.1, -0.05) is 60.7 Å². The molecule has 2 aromatic rings. The summed E-state index contributed by atoms with van der Waals surface area (Å²) in [6.07, 6.45) is 3.09. The van der Waals surface area contributed by atoms with Gasteiger partial charge in [-0.25, -0.2) is 0 Å². The normalized spacial score (nSPS) is 12.6. The molecule has 0 radical (unpaired) electrons. The van der Waals surface area contributed by atoms with Gasteiger partial charge in [0.25, 0.3) is 0 Å². The third-order valence-corrected chi connectivity index (χ3v) is 4.26. The quantitative estimate of drug-likeness (QED) is 0.386. The Balaban J connectivity index is 1.52. The van der Waals surface area contributed by atoms with E-state index in [1.807, 2.05) is 12.1 Å². The van der Waals surface area contributed by atoms with Gasteiger partial charge in [-0.15, -0.1) is 0 Å². The molecule has 1 atom stereocenters. The van der Waals surface area contributed by atoms with Gasteiger partial charge in [-0.05, 0) is 37.3 Å². The van der Waals surface area contributed by atoms with Crippen molar-refractivity contribution in [2.45, 2.75) is 32.2 Å². The third-order valence-electron chi connectivity index (χ3n) is 4.26. The van der Waals surface area contributed by atoms with Gasteiger partial charge < -0.3 is 15.4 Å². The van der Waals surface area contributed by atoms with Crippen LogP contribution >= 0.6 is 0 Å². The Hall–Kier alpha value is -2.33. The van der Waals surface area contributed by atoms with Gasteiger partial charge in [0.1, 0.15) is 0 Å². The van der Waals surface area contributed by atoms with Crippen molar-refractivity contribution in [3.05, 3.63) is 71.8 Å². The molecule has 2 rings (SSSR count). The van der Waals surface area contributed by atoms with Crippen molar-refractivity contribution in [1.29, 1.82) is 0 Å². The number of guanidine groups is 1. The smallest absolute Gasteiger partial charge is 0.191 e. The van der Waals surface area contributed by atoms with Gasteiger partial charge in [0, 0.05) is 20.2 Å². The molecule has 0 saturated heterocycles. The average Bonchev–Trinajstić information content (AvgIpc) is 2.70. The topological polar surface area (TPSA) is 45.7 Å². The summed E-state index contributed by atoms with van der Waals surface area (Å²) < 4.78 is 5.72. The largest absolute Gasteiger partial charge is 0.381 e. The highest BCUT2D eigenvalue weighted by atomic mass is 16.5. The van der Waals surface area contributed by atoms with Crippen molar-refractivity contribution in [1.82, 2.24) is 10.6 Å². The second-order valence-corrected chi connectivity index (χ2v) is 6.33. The first-order valence-corrected chi connectivity index (χ1v) is 9.43. The number of nitrogens with zero attached hydrogens (tertiary/aromatic N) is 1. The van der Waals surface area contributed by atoms with E-state index in [0.29, 0.717) is 0 Å². The van der Waals surface area contributed by atoms with Crippen molar-refractivity contribution < 1.29 is 4.74 Å². The van der Waals surface area contributed by atoms with E-state index in [1.54, 1.807) is 7.05 Å². The fourth-order valence-electron chi connectivity index (χ4n) is 2.70. The molecule has 0 amide bonds. The molecule has 0 bridgehead atoms. The maximum absolute atomic E-state index is 5.72. The molecule has 0 heterocycles. The zero-order valence-corrected chi connectivity index (χ0v) is 15.9. The number of unbranched alkanes of at least 4 members (excludes halogenated alkanes) is 1. The molecule has 140 valence electrons. The van der Waals surface area contributed by atoms with Crippen molar-refractivity contribution >= 4 is 5.96 Å². The molecule has 4 nitrogen and oxygen atoms in total. The van der Waals surface area contributed by atoms with Crippen LogP contribution in [0.15, 0.2) is 65.7 Å². The van der Waals surface area contributed by atoms with E-state index in [4.69, 9.17) is 4.74 Å². The maximum Gasteiger partial charge on any atom is 0.191 e. The molecule has 0 saturated carbocycles. The first kappa shape index (κ1) is 20.0. The summed E-state index contributed by atoms with van der Waals surface area (Å²) in [5, 5.41) is 6.79. The predicted octanol–water partition coefficient (Wildman–Crippen LogP) is 3.95. The van der Waals surface area contributed by atoms with E-state index < -0.39 is 0 Å². The lowest BCUT2D eigenvalue weighted by Gasteiger charge is -2.18. The van der Waals surface area contributed by atoms with Crippen LogP contribution in [0.3, 0.4) is 0 Å². The summed E-state index contributed by atoms with van der Waals surface area (Å²) in [4.78, 5) is 4.30. The second-order valence-electron chi connectivity index (χ2n) is 6.33. The summed E-state index contributed by atoms with van der Waals surface area (Å²) in [6, 6.07) is 21.1. The zero-order chi connectivity index (χ0) is 18.5. The van der Waals surface area contributed by atoms with Crippen LogP contribution in [-0.2, 0) is 11.2 Å². The van der Waals surface area contributed by atoms with E-state index in [9.17, 15) is 0 Å². The molecule has 0 fully saturated rings. The summed E-state index contributed by atoms with van der Waals surface area (Å²) in [6.45, 7) is 4.63. The number of hydrogen-bond acceptors (Lipinski definition) is 2. The van der Waals surface area contributed by atoms with Crippen LogP contribution < -0.4 is 10.6 Å². The fourth-order valence-corrected chi connectivity index (χ4v) is 2.70. The van der Waals surface area contributed by atoms with E-state index in [-0.39, 0.29) is 6.04 Å². The highest BCUT2D eigenvalue weighted by Crippen LogP contribution is 2.10. The Bertz CT molecular complexity index is 628. The third kappa shape index (κ3) is 7.70. The van der Waals surface area contributed by atoms with Gasteiger partial charge >= 0.3 is 0 Å². The van der Waals surface area contributed by atoms with Crippen molar-refractivity contribution in [3.63, 3.8) is 0 Å². The summed E-state index contributed by atoms with van der Waals surface area (Å²) in [5.41, 5.74) is 2.58. The Morgan fingerprint density at radius 3 is 2.35 bits per heavy atom. The van der Waals surface area contributed by atoms with Gasteiger partial charge in [0.2, 0.25) is 0 Å².